The van der Waals surface area contributed by atoms with Crippen LogP contribution in [-0.2, 0) is 25.6 Å². The highest BCUT2D eigenvalue weighted by atomic mass is 16.3. The Morgan fingerprint density at radius 2 is 1.86 bits per heavy atom. The first kappa shape index (κ1) is 23.6. The van der Waals surface area contributed by atoms with Crippen LogP contribution < -0.4 is 5.73 Å². The summed E-state index contributed by atoms with van der Waals surface area (Å²) in [6.07, 6.45) is 6.26. The zero-order chi connectivity index (χ0) is 25.4. The maximum absolute atomic E-state index is 13.8. The van der Waals surface area contributed by atoms with Crippen LogP contribution in [0.2, 0.25) is 0 Å². The van der Waals surface area contributed by atoms with Gasteiger partial charge in [0, 0.05) is 11.8 Å². The van der Waals surface area contributed by atoms with Gasteiger partial charge in [-0.15, -0.1) is 0 Å². The molecule has 1 amide bonds. The highest BCUT2D eigenvalue weighted by Gasteiger charge is 2.69. The fourth-order valence-electron chi connectivity index (χ4n) is 6.87. The summed E-state index contributed by atoms with van der Waals surface area (Å²) in [5.41, 5.74) is 4.28. The molecule has 2 saturated carbocycles. The molecule has 1 aromatic rings. The molecule has 1 aromatic carbocycles. The first-order chi connectivity index (χ1) is 16.5. The minimum atomic E-state index is -2.70. The van der Waals surface area contributed by atoms with Crippen LogP contribution in [0.15, 0.2) is 24.3 Å². The Bertz CT molecular complexity index is 1220. The number of nitrogens with zero attached hydrogens (tertiary/aromatic N) is 1. The lowest BCUT2D eigenvalue weighted by molar-refractivity contribution is -0.181. The quantitative estimate of drug-likeness (QED) is 0.412. The van der Waals surface area contributed by atoms with Crippen molar-refractivity contribution in [3.8, 4) is 5.75 Å². The Kier molecular flexibility index (Phi) is 5.34. The molecule has 184 valence electrons. The topological polar surface area (TPSA) is 155 Å². The van der Waals surface area contributed by atoms with E-state index >= 15 is 0 Å². The summed E-state index contributed by atoms with van der Waals surface area (Å²) >= 11 is 0. The monoisotopic (exact) mass is 480 g/mol. The van der Waals surface area contributed by atoms with Crippen LogP contribution in [-0.4, -0.2) is 69.9 Å². The molecule has 35 heavy (non-hydrogen) atoms. The van der Waals surface area contributed by atoms with Gasteiger partial charge in [-0.25, -0.2) is 0 Å². The molecule has 0 heterocycles. The van der Waals surface area contributed by atoms with Gasteiger partial charge in [0.1, 0.15) is 5.75 Å². The number of phenols is 1. The van der Waals surface area contributed by atoms with E-state index < -0.39 is 64.4 Å². The average molecular weight is 481 g/mol. The highest BCUT2D eigenvalue weighted by Crippen LogP contribution is 2.51. The lowest BCUT2D eigenvalue weighted by Crippen LogP contribution is -2.74. The molecule has 4 aliphatic rings. The molecule has 4 aliphatic carbocycles. The second-order valence-electron chi connectivity index (χ2n) is 10.4. The van der Waals surface area contributed by atoms with Gasteiger partial charge in [0.2, 0.25) is 5.91 Å². The SMILES string of the molecule is CN(C)[C@H]1C(=O)C(C(N)=O)C(=O)[C@]2(O)C(=O)C3C(=O)c4c(O)ccc(C5C=CCC5)c4C[C@@H]3C[C@H]12. The third kappa shape index (κ3) is 3.11. The largest absolute Gasteiger partial charge is 0.507 e. The Morgan fingerprint density at radius 3 is 2.46 bits per heavy atom. The number of aliphatic hydroxyl groups is 1. The van der Waals surface area contributed by atoms with Crippen LogP contribution in [0.1, 0.15) is 46.7 Å². The van der Waals surface area contributed by atoms with E-state index in [0.717, 1.165) is 18.4 Å². The minimum absolute atomic E-state index is 0.0504. The summed E-state index contributed by atoms with van der Waals surface area (Å²) in [4.78, 5) is 67.3. The predicted molar refractivity (Wildman–Crippen MR) is 122 cm³/mol. The van der Waals surface area contributed by atoms with Gasteiger partial charge in [-0.05, 0) is 62.9 Å². The molecule has 0 saturated heterocycles. The number of Topliss-reactive ketones (excluding diaryl/α,β-unsaturated/α-hetero) is 4. The molecular formula is C26H28N2O7. The molecular weight excluding hydrogens is 452 g/mol. The van der Waals surface area contributed by atoms with Crippen molar-refractivity contribution >= 4 is 29.0 Å². The van der Waals surface area contributed by atoms with Crippen molar-refractivity contribution < 1.29 is 34.2 Å². The molecule has 3 unspecified atom stereocenters. The molecule has 0 aliphatic heterocycles. The number of carbonyl (C=O) groups is 5. The lowest BCUT2D eigenvalue weighted by atomic mass is 9.52. The second-order valence-corrected chi connectivity index (χ2v) is 10.4. The summed E-state index contributed by atoms with van der Waals surface area (Å²) in [6.45, 7) is 0. The summed E-state index contributed by atoms with van der Waals surface area (Å²) in [7, 11) is 3.13. The summed E-state index contributed by atoms with van der Waals surface area (Å²) in [6, 6.07) is 2.15. The summed E-state index contributed by atoms with van der Waals surface area (Å²) < 4.78 is 0. The normalized spacial score (nSPS) is 36.2. The molecule has 0 bridgehead atoms. The zero-order valence-electron chi connectivity index (χ0n) is 19.6. The van der Waals surface area contributed by atoms with E-state index in [4.69, 9.17) is 5.73 Å². The van der Waals surface area contributed by atoms with Crippen LogP contribution >= 0.6 is 0 Å². The van der Waals surface area contributed by atoms with E-state index in [1.54, 1.807) is 20.2 Å². The maximum atomic E-state index is 13.8. The number of carbonyl (C=O) groups excluding carboxylic acids is 5. The molecule has 9 nitrogen and oxygen atoms in total. The molecule has 9 heteroatoms. The van der Waals surface area contributed by atoms with Crippen LogP contribution in [0, 0.1) is 23.7 Å². The lowest BCUT2D eigenvalue weighted by Gasteiger charge is -2.52. The van der Waals surface area contributed by atoms with E-state index in [2.05, 4.69) is 12.2 Å². The third-order valence-corrected chi connectivity index (χ3v) is 8.39. The predicted octanol–water partition coefficient (Wildman–Crippen LogP) is 0.301. The minimum Gasteiger partial charge on any atom is -0.507 e. The number of primary amides is 1. The number of aromatic hydroxyl groups is 1. The first-order valence-electron chi connectivity index (χ1n) is 11.9. The molecule has 2 fully saturated rings. The van der Waals surface area contributed by atoms with Crippen molar-refractivity contribution in [1.82, 2.24) is 4.90 Å². The molecule has 0 spiro atoms. The number of fused-ring (bicyclic) bond motifs is 3. The first-order valence-corrected chi connectivity index (χ1v) is 11.9. The van der Waals surface area contributed by atoms with E-state index in [9.17, 15) is 34.2 Å². The van der Waals surface area contributed by atoms with Gasteiger partial charge in [0.05, 0.1) is 17.5 Å². The van der Waals surface area contributed by atoms with E-state index in [-0.39, 0.29) is 23.7 Å². The fourth-order valence-corrected chi connectivity index (χ4v) is 6.87. The number of benzene rings is 1. The van der Waals surface area contributed by atoms with E-state index in [0.29, 0.717) is 12.0 Å². The van der Waals surface area contributed by atoms with Gasteiger partial charge < -0.3 is 15.9 Å². The smallest absolute Gasteiger partial charge is 0.235 e. The average Bonchev–Trinajstić information content (AvgIpc) is 3.30. The van der Waals surface area contributed by atoms with Crippen LogP contribution in [0.5, 0.6) is 5.75 Å². The fraction of sp³-hybridized carbons (Fsp3) is 0.500. The highest BCUT2D eigenvalue weighted by molar-refractivity contribution is 6.32. The van der Waals surface area contributed by atoms with Crippen molar-refractivity contribution in [1.29, 1.82) is 0 Å². The van der Waals surface area contributed by atoms with Gasteiger partial charge in [-0.3, -0.25) is 28.9 Å². The van der Waals surface area contributed by atoms with Crippen molar-refractivity contribution in [3.05, 3.63) is 41.0 Å². The van der Waals surface area contributed by atoms with Crippen molar-refractivity contribution in [2.75, 3.05) is 14.1 Å². The molecule has 0 radical (unpaired) electrons. The summed E-state index contributed by atoms with van der Waals surface area (Å²) in [5, 5.41) is 22.2. The third-order valence-electron chi connectivity index (χ3n) is 8.39. The van der Waals surface area contributed by atoms with Crippen LogP contribution in [0.3, 0.4) is 0 Å². The molecule has 4 N–H and O–H groups in total. The standard InChI is InChI=1S/C26H28N2O7/c1-28(2)20-15-10-12-9-14-13(11-5-3-4-6-11)7-8-16(29)18(14)21(30)17(12)23(32)26(15,35)24(33)19(22(20)31)25(27)34/h3,5,7-8,11-12,15,17,19-20,29,35H,4,6,9-10H2,1-2H3,(H2,27,34)/t11?,12-,15-,17?,19?,20-,26-/m1/s1. The van der Waals surface area contributed by atoms with Crippen LogP contribution in [0.25, 0.3) is 0 Å². The zero-order valence-corrected chi connectivity index (χ0v) is 19.6. The summed E-state index contributed by atoms with van der Waals surface area (Å²) in [5.74, 6) is -10.1. The Hall–Kier alpha value is -3.17. The number of phenolic OH excluding ortho intramolecular Hbond substituents is 1. The van der Waals surface area contributed by atoms with Gasteiger partial charge >= 0.3 is 0 Å². The van der Waals surface area contributed by atoms with E-state index in [1.807, 2.05) is 0 Å². The van der Waals surface area contributed by atoms with Gasteiger partial charge in [0.15, 0.2) is 34.7 Å². The van der Waals surface area contributed by atoms with Crippen molar-refractivity contribution in [2.24, 2.45) is 29.4 Å². The molecule has 5 rings (SSSR count). The number of rotatable bonds is 3. The molecule has 0 aromatic heterocycles. The van der Waals surface area contributed by atoms with Gasteiger partial charge in [0.25, 0.3) is 0 Å². The number of likely N-dealkylation sites (N-methyl/N-ethyl adjacent to an activating group) is 1. The number of ketones is 4. The Labute approximate surface area is 202 Å². The van der Waals surface area contributed by atoms with Crippen molar-refractivity contribution in [2.45, 2.75) is 43.2 Å². The number of allylic oxidation sites excluding steroid dienone is 2. The maximum Gasteiger partial charge on any atom is 0.235 e. The Morgan fingerprint density at radius 1 is 1.14 bits per heavy atom. The van der Waals surface area contributed by atoms with Crippen molar-refractivity contribution in [3.63, 3.8) is 0 Å². The van der Waals surface area contributed by atoms with Gasteiger partial charge in [-0.2, -0.15) is 0 Å². The molecule has 7 atom stereocenters. The van der Waals surface area contributed by atoms with E-state index in [1.165, 1.54) is 11.0 Å². The van der Waals surface area contributed by atoms with Crippen LogP contribution in [0.4, 0.5) is 0 Å². The van der Waals surface area contributed by atoms with Gasteiger partial charge in [-0.1, -0.05) is 18.2 Å². The second kappa shape index (κ2) is 7.93. The number of hydrogen-bond donors (Lipinski definition) is 3. The number of amides is 1. The number of hydrogen-bond acceptors (Lipinski definition) is 8. The number of nitrogens with two attached hydrogens (primary N) is 1. The Balaban J connectivity index is 1.64.